The molecule has 14 heavy (non-hydrogen) atoms. The van der Waals surface area contributed by atoms with Crippen molar-refractivity contribution in [1.82, 2.24) is 20.1 Å². The van der Waals surface area contributed by atoms with Crippen molar-refractivity contribution < 1.29 is 0 Å². The van der Waals surface area contributed by atoms with E-state index >= 15 is 0 Å². The molecule has 1 aliphatic heterocycles. The third-order valence-electron chi connectivity index (χ3n) is 2.66. The molecule has 0 bridgehead atoms. The quantitative estimate of drug-likeness (QED) is 0.711. The zero-order valence-corrected chi connectivity index (χ0v) is 8.32. The van der Waals surface area contributed by atoms with Crippen LogP contribution in [0, 0.1) is 5.92 Å². The molecule has 1 aliphatic rings. The number of allylic oxidation sites excluding steroid dienone is 1. The van der Waals surface area contributed by atoms with Gasteiger partial charge in [0, 0.05) is 13.0 Å². The van der Waals surface area contributed by atoms with Crippen molar-refractivity contribution >= 4 is 0 Å². The summed E-state index contributed by atoms with van der Waals surface area (Å²) in [5.41, 5.74) is 0. The van der Waals surface area contributed by atoms with Gasteiger partial charge >= 0.3 is 0 Å². The van der Waals surface area contributed by atoms with Gasteiger partial charge in [0.2, 0.25) is 0 Å². The van der Waals surface area contributed by atoms with Crippen molar-refractivity contribution in [2.75, 3.05) is 13.1 Å². The van der Waals surface area contributed by atoms with Crippen molar-refractivity contribution in [1.29, 1.82) is 0 Å². The molecule has 2 rings (SSSR count). The number of hydrogen-bond acceptors (Lipinski definition) is 3. The van der Waals surface area contributed by atoms with Crippen LogP contribution in [-0.4, -0.2) is 27.9 Å². The fourth-order valence-corrected chi connectivity index (χ4v) is 1.88. The molecule has 1 aromatic rings. The van der Waals surface area contributed by atoms with Gasteiger partial charge in [0.1, 0.15) is 12.2 Å². The largest absolute Gasteiger partial charge is 0.316 e. The lowest BCUT2D eigenvalue weighted by Gasteiger charge is -2.07. The normalized spacial score (nSPS) is 21.3. The highest BCUT2D eigenvalue weighted by Gasteiger charge is 2.17. The predicted molar refractivity (Wildman–Crippen MR) is 54.9 cm³/mol. The van der Waals surface area contributed by atoms with Gasteiger partial charge in [-0.1, -0.05) is 6.08 Å². The van der Waals surface area contributed by atoms with E-state index in [1.807, 2.05) is 6.08 Å². The third kappa shape index (κ3) is 2.01. The van der Waals surface area contributed by atoms with Crippen LogP contribution >= 0.6 is 0 Å². The molecule has 0 spiro atoms. The number of rotatable bonds is 4. The Morgan fingerprint density at radius 1 is 1.71 bits per heavy atom. The molecule has 1 aromatic heterocycles. The summed E-state index contributed by atoms with van der Waals surface area (Å²) in [5, 5.41) is 11.4. The van der Waals surface area contributed by atoms with Crippen LogP contribution in [0.1, 0.15) is 12.2 Å². The second-order valence-corrected chi connectivity index (χ2v) is 3.75. The fourth-order valence-electron chi connectivity index (χ4n) is 1.88. The molecule has 0 radical (unpaired) electrons. The van der Waals surface area contributed by atoms with Crippen molar-refractivity contribution in [3.8, 4) is 0 Å². The number of nitrogens with zero attached hydrogens (tertiary/aromatic N) is 3. The Hall–Kier alpha value is -1.16. The molecule has 1 N–H and O–H groups in total. The van der Waals surface area contributed by atoms with Crippen molar-refractivity contribution in [3.63, 3.8) is 0 Å². The summed E-state index contributed by atoms with van der Waals surface area (Å²) in [6, 6.07) is 0. The summed E-state index contributed by atoms with van der Waals surface area (Å²) >= 11 is 0. The van der Waals surface area contributed by atoms with Gasteiger partial charge in [-0.15, -0.1) is 16.8 Å². The van der Waals surface area contributed by atoms with E-state index < -0.39 is 0 Å². The van der Waals surface area contributed by atoms with E-state index in [4.69, 9.17) is 0 Å². The summed E-state index contributed by atoms with van der Waals surface area (Å²) in [4.78, 5) is 0. The molecule has 0 aromatic carbocycles. The lowest BCUT2D eigenvalue weighted by molar-refractivity contribution is 0.543. The zero-order valence-electron chi connectivity index (χ0n) is 8.32. The monoisotopic (exact) mass is 192 g/mol. The second kappa shape index (κ2) is 4.37. The minimum Gasteiger partial charge on any atom is -0.316 e. The summed E-state index contributed by atoms with van der Waals surface area (Å²) in [7, 11) is 0. The third-order valence-corrected chi connectivity index (χ3v) is 2.66. The van der Waals surface area contributed by atoms with E-state index in [0.29, 0.717) is 0 Å². The molecule has 1 unspecified atom stereocenters. The van der Waals surface area contributed by atoms with Gasteiger partial charge in [0.25, 0.3) is 0 Å². The van der Waals surface area contributed by atoms with Gasteiger partial charge < -0.3 is 9.88 Å². The number of hydrogen-bond donors (Lipinski definition) is 1. The van der Waals surface area contributed by atoms with Crippen LogP contribution in [0.5, 0.6) is 0 Å². The van der Waals surface area contributed by atoms with E-state index in [2.05, 4.69) is 26.7 Å². The first-order valence-electron chi connectivity index (χ1n) is 5.08. The summed E-state index contributed by atoms with van der Waals surface area (Å²) in [6.07, 6.45) is 5.93. The zero-order chi connectivity index (χ0) is 9.80. The van der Waals surface area contributed by atoms with Gasteiger partial charge in [0.15, 0.2) is 0 Å². The van der Waals surface area contributed by atoms with E-state index in [1.165, 1.54) is 6.42 Å². The van der Waals surface area contributed by atoms with Crippen molar-refractivity contribution in [2.45, 2.75) is 19.4 Å². The topological polar surface area (TPSA) is 42.7 Å². The first-order valence-corrected chi connectivity index (χ1v) is 5.08. The van der Waals surface area contributed by atoms with E-state index in [1.54, 1.807) is 6.33 Å². The predicted octanol–water partition coefficient (Wildman–Crippen LogP) is 0.616. The first-order chi connectivity index (χ1) is 6.90. The maximum atomic E-state index is 4.14. The molecule has 4 nitrogen and oxygen atoms in total. The lowest BCUT2D eigenvalue weighted by atomic mass is 10.0. The number of nitrogens with one attached hydrogen (secondary N) is 1. The van der Waals surface area contributed by atoms with E-state index in [-0.39, 0.29) is 0 Å². The van der Waals surface area contributed by atoms with Crippen LogP contribution in [-0.2, 0) is 13.0 Å². The molecule has 1 fully saturated rings. The first kappa shape index (κ1) is 9.40. The highest BCUT2D eigenvalue weighted by molar-refractivity contribution is 4.92. The smallest absolute Gasteiger partial charge is 0.133 e. The fraction of sp³-hybridized carbons (Fsp3) is 0.600. The molecule has 0 aliphatic carbocycles. The summed E-state index contributed by atoms with van der Waals surface area (Å²) in [5.74, 6) is 1.81. The SMILES string of the molecule is C=CCn1cnnc1CC1CCNC1. The molecular weight excluding hydrogens is 176 g/mol. The minimum atomic E-state index is 0.725. The highest BCUT2D eigenvalue weighted by atomic mass is 15.3. The molecular formula is C10H16N4. The Balaban J connectivity index is 1.99. The second-order valence-electron chi connectivity index (χ2n) is 3.75. The molecule has 1 atom stereocenters. The summed E-state index contributed by atoms with van der Waals surface area (Å²) in [6.45, 7) is 6.78. The van der Waals surface area contributed by atoms with Crippen molar-refractivity contribution in [3.05, 3.63) is 24.8 Å². The van der Waals surface area contributed by atoms with Gasteiger partial charge in [0.05, 0.1) is 0 Å². The Morgan fingerprint density at radius 2 is 2.64 bits per heavy atom. The van der Waals surface area contributed by atoms with Gasteiger partial charge in [-0.05, 0) is 25.4 Å². The lowest BCUT2D eigenvalue weighted by Crippen LogP contribution is -2.13. The molecule has 0 saturated carbocycles. The van der Waals surface area contributed by atoms with E-state index in [0.717, 1.165) is 37.8 Å². The molecule has 0 amide bonds. The Kier molecular flexibility index (Phi) is 2.93. The van der Waals surface area contributed by atoms with Gasteiger partial charge in [-0.25, -0.2) is 0 Å². The van der Waals surface area contributed by atoms with Crippen LogP contribution < -0.4 is 5.32 Å². The van der Waals surface area contributed by atoms with E-state index in [9.17, 15) is 0 Å². The summed E-state index contributed by atoms with van der Waals surface area (Å²) < 4.78 is 2.06. The Bertz CT molecular complexity index is 299. The van der Waals surface area contributed by atoms with Gasteiger partial charge in [-0.2, -0.15) is 0 Å². The molecule has 76 valence electrons. The number of aromatic nitrogens is 3. The average molecular weight is 192 g/mol. The van der Waals surface area contributed by atoms with Crippen LogP contribution in [0.4, 0.5) is 0 Å². The Morgan fingerprint density at radius 3 is 3.36 bits per heavy atom. The highest BCUT2D eigenvalue weighted by Crippen LogP contribution is 2.13. The van der Waals surface area contributed by atoms with Crippen LogP contribution in [0.2, 0.25) is 0 Å². The maximum absolute atomic E-state index is 4.14. The van der Waals surface area contributed by atoms with Crippen LogP contribution in [0.25, 0.3) is 0 Å². The van der Waals surface area contributed by atoms with Crippen LogP contribution in [0.15, 0.2) is 19.0 Å². The van der Waals surface area contributed by atoms with Crippen molar-refractivity contribution in [2.24, 2.45) is 5.92 Å². The van der Waals surface area contributed by atoms with Gasteiger partial charge in [-0.3, -0.25) is 0 Å². The Labute approximate surface area is 84.0 Å². The average Bonchev–Trinajstić information content (AvgIpc) is 2.80. The standard InChI is InChI=1S/C10H16N4/c1-2-5-14-8-12-13-10(14)6-9-3-4-11-7-9/h2,8-9,11H,1,3-7H2. The molecule has 1 saturated heterocycles. The molecule has 4 heteroatoms. The maximum Gasteiger partial charge on any atom is 0.133 e. The molecule has 2 heterocycles. The van der Waals surface area contributed by atoms with Crippen LogP contribution in [0.3, 0.4) is 0 Å². The minimum absolute atomic E-state index is 0.725.